The average Bonchev–Trinajstić information content (AvgIpc) is 3.16. The van der Waals surface area contributed by atoms with Crippen LogP contribution in [0, 0.1) is 11.3 Å². The minimum absolute atomic E-state index is 0.100. The molecule has 2 unspecified atom stereocenters. The van der Waals surface area contributed by atoms with Gasteiger partial charge in [0.25, 0.3) is 0 Å². The predicted octanol–water partition coefficient (Wildman–Crippen LogP) is 4.50. The lowest BCUT2D eigenvalue weighted by Crippen LogP contribution is -2.13. The Hall–Kier alpha value is -2.05. The van der Waals surface area contributed by atoms with Gasteiger partial charge in [0, 0.05) is 6.42 Å². The summed E-state index contributed by atoms with van der Waals surface area (Å²) in [7, 11) is 0. The Morgan fingerprint density at radius 1 is 1.48 bits per heavy atom. The van der Waals surface area contributed by atoms with Crippen LogP contribution in [0.1, 0.15) is 24.5 Å². The van der Waals surface area contributed by atoms with Crippen LogP contribution < -0.4 is 0 Å². The molecule has 4 nitrogen and oxygen atoms in total. The van der Waals surface area contributed by atoms with E-state index in [0.29, 0.717) is 11.3 Å². The van der Waals surface area contributed by atoms with Crippen molar-refractivity contribution >= 4 is 29.1 Å². The zero-order chi connectivity index (χ0) is 18.2. The van der Waals surface area contributed by atoms with E-state index >= 15 is 0 Å². The number of pyridine rings is 1. The number of aromatic nitrogens is 1. The van der Waals surface area contributed by atoms with Crippen LogP contribution in [0.2, 0.25) is 0 Å². The molecule has 1 aliphatic rings. The van der Waals surface area contributed by atoms with E-state index in [1.165, 1.54) is 11.3 Å². The van der Waals surface area contributed by atoms with Crippen molar-refractivity contribution < 1.29 is 22.7 Å². The Kier molecular flexibility index (Phi) is 4.75. The first-order valence-corrected chi connectivity index (χ1v) is 8.99. The fraction of sp³-hybridized carbons (Fsp3) is 0.312. The van der Waals surface area contributed by atoms with E-state index in [1.54, 1.807) is 30.5 Å². The molecule has 9 heteroatoms. The first-order valence-electron chi connectivity index (χ1n) is 7.23. The van der Waals surface area contributed by atoms with E-state index in [0.717, 1.165) is 17.8 Å². The smallest absolute Gasteiger partial charge is 0.417 e. The van der Waals surface area contributed by atoms with Crippen LogP contribution in [0.4, 0.5) is 13.2 Å². The second kappa shape index (κ2) is 6.69. The molecule has 0 radical (unpaired) electrons. The summed E-state index contributed by atoms with van der Waals surface area (Å²) < 4.78 is 45.3. The highest BCUT2D eigenvalue weighted by molar-refractivity contribution is 8.00. The predicted molar refractivity (Wildman–Crippen MR) is 87.1 cm³/mol. The fourth-order valence-electron chi connectivity index (χ4n) is 2.44. The van der Waals surface area contributed by atoms with Crippen molar-refractivity contribution in [3.05, 3.63) is 34.7 Å². The van der Waals surface area contributed by atoms with Gasteiger partial charge in [-0.05, 0) is 24.4 Å². The first-order chi connectivity index (χ1) is 11.8. The van der Waals surface area contributed by atoms with Crippen molar-refractivity contribution in [1.29, 1.82) is 5.26 Å². The SMILES string of the molecule is CC1CC(Sc2nc(-c3cccs3)cc(C(F)(F)F)c2C#N)C(=O)O1. The lowest BCUT2D eigenvalue weighted by Gasteiger charge is -2.14. The summed E-state index contributed by atoms with van der Waals surface area (Å²) in [6, 6.07) is 5.83. The summed E-state index contributed by atoms with van der Waals surface area (Å²) in [6.45, 7) is 1.71. The lowest BCUT2D eigenvalue weighted by atomic mass is 10.1. The zero-order valence-corrected chi connectivity index (χ0v) is 14.5. The maximum Gasteiger partial charge on any atom is 0.417 e. The van der Waals surface area contributed by atoms with E-state index in [9.17, 15) is 23.2 Å². The molecule has 3 heterocycles. The van der Waals surface area contributed by atoms with E-state index in [-0.39, 0.29) is 16.8 Å². The zero-order valence-electron chi connectivity index (χ0n) is 12.8. The standard InChI is InChI=1S/C16H11F3N2O2S2/c1-8-5-13(15(22)23-8)25-14-9(7-20)10(16(17,18)19)6-11(21-14)12-3-2-4-24-12/h2-4,6,8,13H,5H2,1H3. The number of hydrogen-bond donors (Lipinski definition) is 0. The third-order valence-electron chi connectivity index (χ3n) is 3.56. The molecule has 130 valence electrons. The van der Waals surface area contributed by atoms with Crippen LogP contribution in [-0.4, -0.2) is 22.3 Å². The molecule has 2 aromatic heterocycles. The van der Waals surface area contributed by atoms with E-state index in [1.807, 2.05) is 0 Å². The van der Waals surface area contributed by atoms with Crippen molar-refractivity contribution in [2.45, 2.75) is 35.9 Å². The van der Waals surface area contributed by atoms with Gasteiger partial charge in [-0.2, -0.15) is 18.4 Å². The summed E-state index contributed by atoms with van der Waals surface area (Å²) in [5.41, 5.74) is -1.48. The number of carbonyl (C=O) groups is 1. The number of thioether (sulfide) groups is 1. The molecule has 2 atom stereocenters. The van der Waals surface area contributed by atoms with E-state index < -0.39 is 28.5 Å². The van der Waals surface area contributed by atoms with Gasteiger partial charge in [0.2, 0.25) is 0 Å². The topological polar surface area (TPSA) is 63.0 Å². The minimum atomic E-state index is -4.70. The Bertz CT molecular complexity index is 844. The highest BCUT2D eigenvalue weighted by Crippen LogP contribution is 2.41. The number of thiophene rings is 1. The van der Waals surface area contributed by atoms with Crippen molar-refractivity contribution in [3.8, 4) is 16.6 Å². The van der Waals surface area contributed by atoms with Crippen LogP contribution in [0.5, 0.6) is 0 Å². The van der Waals surface area contributed by atoms with Gasteiger partial charge < -0.3 is 4.74 Å². The summed E-state index contributed by atoms with van der Waals surface area (Å²) in [5, 5.41) is 10.2. The number of hydrogen-bond acceptors (Lipinski definition) is 6. The number of esters is 1. The summed E-state index contributed by atoms with van der Waals surface area (Å²) in [6.07, 6.45) is -4.64. The maximum absolute atomic E-state index is 13.4. The number of halogens is 3. The van der Waals surface area contributed by atoms with Gasteiger partial charge in [-0.25, -0.2) is 4.98 Å². The number of ether oxygens (including phenoxy) is 1. The Labute approximate surface area is 149 Å². The third kappa shape index (κ3) is 3.65. The maximum atomic E-state index is 13.4. The monoisotopic (exact) mass is 384 g/mol. The van der Waals surface area contributed by atoms with Gasteiger partial charge in [0.05, 0.1) is 21.7 Å². The molecule has 1 fully saturated rings. The van der Waals surface area contributed by atoms with Crippen LogP contribution in [0.25, 0.3) is 10.6 Å². The number of carbonyl (C=O) groups excluding carboxylic acids is 1. The Balaban J connectivity index is 2.10. The summed E-state index contributed by atoms with van der Waals surface area (Å²) >= 11 is 2.10. The largest absolute Gasteiger partial charge is 0.462 e. The number of nitrogens with zero attached hydrogens (tertiary/aromatic N) is 2. The minimum Gasteiger partial charge on any atom is -0.462 e. The quantitative estimate of drug-likeness (QED) is 0.730. The number of alkyl halides is 3. The summed E-state index contributed by atoms with van der Waals surface area (Å²) in [5.74, 6) is -0.502. The van der Waals surface area contributed by atoms with E-state index in [2.05, 4.69) is 4.98 Å². The molecule has 2 aromatic rings. The third-order valence-corrected chi connectivity index (χ3v) is 5.64. The molecule has 1 saturated heterocycles. The van der Waals surface area contributed by atoms with Gasteiger partial charge in [-0.1, -0.05) is 17.8 Å². The van der Waals surface area contributed by atoms with Crippen molar-refractivity contribution in [2.75, 3.05) is 0 Å². The molecule has 0 amide bonds. The molecule has 1 aliphatic heterocycles. The number of nitriles is 1. The fourth-order valence-corrected chi connectivity index (χ4v) is 4.34. The van der Waals surface area contributed by atoms with Crippen LogP contribution >= 0.6 is 23.1 Å². The van der Waals surface area contributed by atoms with Crippen molar-refractivity contribution in [3.63, 3.8) is 0 Å². The van der Waals surface area contributed by atoms with Gasteiger partial charge in [0.1, 0.15) is 22.4 Å². The highest BCUT2D eigenvalue weighted by atomic mass is 32.2. The van der Waals surface area contributed by atoms with Crippen LogP contribution in [0.15, 0.2) is 28.6 Å². The molecule has 0 N–H and O–H groups in total. The molecule has 0 aromatic carbocycles. The molecule has 0 aliphatic carbocycles. The Morgan fingerprint density at radius 3 is 2.76 bits per heavy atom. The first kappa shape index (κ1) is 17.8. The van der Waals surface area contributed by atoms with Crippen molar-refractivity contribution in [1.82, 2.24) is 4.98 Å². The second-order valence-electron chi connectivity index (χ2n) is 5.41. The molecule has 0 spiro atoms. The normalized spacial score (nSPS) is 20.4. The molecule has 0 bridgehead atoms. The molecule has 25 heavy (non-hydrogen) atoms. The second-order valence-corrected chi connectivity index (χ2v) is 7.55. The molecular formula is C16H11F3N2O2S2. The van der Waals surface area contributed by atoms with Gasteiger partial charge >= 0.3 is 12.1 Å². The van der Waals surface area contributed by atoms with Crippen LogP contribution in [0.3, 0.4) is 0 Å². The average molecular weight is 384 g/mol. The lowest BCUT2D eigenvalue weighted by molar-refractivity contribution is -0.140. The number of rotatable bonds is 3. The molecular weight excluding hydrogens is 373 g/mol. The van der Waals surface area contributed by atoms with Gasteiger partial charge in [0.15, 0.2) is 0 Å². The van der Waals surface area contributed by atoms with E-state index in [4.69, 9.17) is 4.74 Å². The molecule has 0 saturated carbocycles. The molecule has 3 rings (SSSR count). The van der Waals surface area contributed by atoms with Gasteiger partial charge in [-0.15, -0.1) is 11.3 Å². The Morgan fingerprint density at radius 2 is 2.24 bits per heavy atom. The highest BCUT2D eigenvalue weighted by Gasteiger charge is 2.38. The van der Waals surface area contributed by atoms with Crippen LogP contribution in [-0.2, 0) is 15.7 Å². The van der Waals surface area contributed by atoms with Crippen molar-refractivity contribution in [2.24, 2.45) is 0 Å². The van der Waals surface area contributed by atoms with Gasteiger partial charge in [-0.3, -0.25) is 4.79 Å². The summed E-state index contributed by atoms with van der Waals surface area (Å²) in [4.78, 5) is 16.6. The number of cyclic esters (lactones) is 1.